The molecule has 1 atom stereocenters. The van der Waals surface area contributed by atoms with Gasteiger partial charge in [0.2, 0.25) is 0 Å². The maximum atomic E-state index is 12.4. The van der Waals surface area contributed by atoms with Gasteiger partial charge in [0, 0.05) is 18.9 Å². The molecule has 1 unspecified atom stereocenters. The second kappa shape index (κ2) is 6.29. The molecular weight excluding hydrogens is 312 g/mol. The van der Waals surface area contributed by atoms with Crippen LogP contribution in [0.1, 0.15) is 24.3 Å². The number of nitrogens with two attached hydrogens (primary N) is 2. The lowest BCUT2D eigenvalue weighted by molar-refractivity contribution is -0.115. The third kappa shape index (κ3) is 3.45. The summed E-state index contributed by atoms with van der Waals surface area (Å²) in [6.45, 7) is 0. The van der Waals surface area contributed by atoms with E-state index in [1.165, 1.54) is 6.07 Å². The summed E-state index contributed by atoms with van der Waals surface area (Å²) in [5.41, 5.74) is 12.3. The third-order valence-corrected chi connectivity index (χ3v) is 4.63. The van der Waals surface area contributed by atoms with Crippen LogP contribution in [0.25, 0.3) is 0 Å². The number of aliphatic hydroxyl groups excluding tert-OH is 1. The Morgan fingerprint density at radius 3 is 2.35 bits per heavy atom. The summed E-state index contributed by atoms with van der Waals surface area (Å²) in [5, 5.41) is 10.6. The van der Waals surface area contributed by atoms with Crippen LogP contribution in [0.3, 0.4) is 0 Å². The van der Waals surface area contributed by atoms with Crippen molar-refractivity contribution in [2.24, 2.45) is 0 Å². The number of hydrogen-bond donors (Lipinski definition) is 3. The molecule has 0 saturated heterocycles. The highest BCUT2D eigenvalue weighted by Gasteiger charge is 2.29. The number of Topliss-reactive ketones (excluding diaryl/α,β-unsaturated/α-hetero) is 1. The van der Waals surface area contributed by atoms with Crippen molar-refractivity contribution >= 4 is 29.2 Å². The quantitative estimate of drug-likeness (QED) is 0.742. The first kappa shape index (κ1) is 15.4. The predicted molar refractivity (Wildman–Crippen MR) is 89.8 cm³/mol. The van der Waals surface area contributed by atoms with Gasteiger partial charge in [0.15, 0.2) is 10.9 Å². The fourth-order valence-electron chi connectivity index (χ4n) is 2.55. The third-order valence-electron chi connectivity index (χ3n) is 3.60. The zero-order valence-electron chi connectivity index (χ0n) is 12.3. The molecule has 0 fully saturated rings. The molecule has 1 aliphatic carbocycles. The molecule has 23 heavy (non-hydrogen) atoms. The molecule has 1 heterocycles. The first-order valence-electron chi connectivity index (χ1n) is 7.11. The highest BCUT2D eigenvalue weighted by Crippen LogP contribution is 2.39. The number of aromatic nitrogens is 2. The van der Waals surface area contributed by atoms with E-state index in [1.54, 1.807) is 0 Å². The van der Waals surface area contributed by atoms with Gasteiger partial charge in [-0.05, 0) is 23.2 Å². The molecule has 1 aromatic heterocycles. The molecule has 7 heteroatoms. The van der Waals surface area contributed by atoms with Crippen LogP contribution < -0.4 is 11.5 Å². The highest BCUT2D eigenvalue weighted by atomic mass is 32.2. The average Bonchev–Trinajstić information content (AvgIpc) is 2.50. The highest BCUT2D eigenvalue weighted by molar-refractivity contribution is 8.03. The summed E-state index contributed by atoms with van der Waals surface area (Å²) in [7, 11) is 0. The maximum absolute atomic E-state index is 12.4. The Balaban J connectivity index is 1.84. The summed E-state index contributed by atoms with van der Waals surface area (Å²) >= 11 is 1.00. The Hall–Kier alpha value is -2.54. The Morgan fingerprint density at radius 1 is 1.09 bits per heavy atom. The average molecular weight is 328 g/mol. The molecule has 3 rings (SSSR count). The number of carbonyl (C=O) groups is 1. The van der Waals surface area contributed by atoms with E-state index in [0.717, 1.165) is 17.3 Å². The van der Waals surface area contributed by atoms with Crippen LogP contribution in [-0.2, 0) is 4.79 Å². The molecule has 6 nitrogen and oxygen atoms in total. The van der Waals surface area contributed by atoms with Crippen molar-refractivity contribution in [1.29, 1.82) is 0 Å². The minimum atomic E-state index is -0.128. The van der Waals surface area contributed by atoms with Crippen LogP contribution in [0.15, 0.2) is 52.2 Å². The van der Waals surface area contributed by atoms with E-state index in [2.05, 4.69) is 9.97 Å². The van der Waals surface area contributed by atoms with Crippen LogP contribution in [0.4, 0.5) is 11.6 Å². The van der Waals surface area contributed by atoms with Crippen molar-refractivity contribution in [3.63, 3.8) is 0 Å². The van der Waals surface area contributed by atoms with E-state index >= 15 is 0 Å². The summed E-state index contributed by atoms with van der Waals surface area (Å²) < 4.78 is 0. The van der Waals surface area contributed by atoms with Crippen LogP contribution in [-0.4, -0.2) is 20.9 Å². The SMILES string of the molecule is Nc1cc(N)nc(SC2=C(O)CC(c3ccccc3)CC2=O)n1. The van der Waals surface area contributed by atoms with Gasteiger partial charge in [-0.25, -0.2) is 9.97 Å². The van der Waals surface area contributed by atoms with Crippen molar-refractivity contribution in [3.8, 4) is 0 Å². The Labute approximate surface area is 137 Å². The van der Waals surface area contributed by atoms with Crippen LogP contribution in [0.2, 0.25) is 0 Å². The Bertz CT molecular complexity index is 757. The second-order valence-corrected chi connectivity index (χ2v) is 6.29. The van der Waals surface area contributed by atoms with Gasteiger partial charge in [0.25, 0.3) is 0 Å². The molecule has 0 amide bonds. The van der Waals surface area contributed by atoms with Gasteiger partial charge in [0.1, 0.15) is 17.4 Å². The summed E-state index contributed by atoms with van der Waals surface area (Å²) in [5.74, 6) is 0.373. The number of aliphatic hydroxyl groups is 1. The van der Waals surface area contributed by atoms with Crippen molar-refractivity contribution in [2.75, 3.05) is 11.5 Å². The van der Waals surface area contributed by atoms with Gasteiger partial charge in [-0.1, -0.05) is 30.3 Å². The number of hydrogen-bond acceptors (Lipinski definition) is 7. The molecule has 5 N–H and O–H groups in total. The number of allylic oxidation sites excluding steroid dienone is 2. The van der Waals surface area contributed by atoms with Crippen LogP contribution >= 0.6 is 11.8 Å². The van der Waals surface area contributed by atoms with Gasteiger partial charge >= 0.3 is 0 Å². The second-order valence-electron chi connectivity index (χ2n) is 5.32. The zero-order valence-corrected chi connectivity index (χ0v) is 13.1. The molecule has 2 aromatic rings. The molecular formula is C16H16N4O2S. The summed E-state index contributed by atoms with van der Waals surface area (Å²) in [6.07, 6.45) is 0.754. The first-order chi connectivity index (χ1) is 11.0. The Kier molecular flexibility index (Phi) is 4.20. The number of anilines is 2. The van der Waals surface area contributed by atoms with Gasteiger partial charge < -0.3 is 16.6 Å². The summed E-state index contributed by atoms with van der Waals surface area (Å²) in [6, 6.07) is 11.1. The molecule has 0 spiro atoms. The number of nitrogen functional groups attached to an aromatic ring is 2. The monoisotopic (exact) mass is 328 g/mol. The van der Waals surface area contributed by atoms with Gasteiger partial charge in [-0.3, -0.25) is 4.79 Å². The number of carbonyl (C=O) groups excluding carboxylic acids is 1. The van der Waals surface area contributed by atoms with E-state index in [4.69, 9.17) is 11.5 Å². The van der Waals surface area contributed by atoms with E-state index in [-0.39, 0.29) is 39.2 Å². The Morgan fingerprint density at radius 2 is 1.74 bits per heavy atom. The van der Waals surface area contributed by atoms with Crippen LogP contribution in [0.5, 0.6) is 0 Å². The predicted octanol–water partition coefficient (Wildman–Crippen LogP) is 2.65. The van der Waals surface area contributed by atoms with E-state index in [0.29, 0.717) is 12.8 Å². The number of rotatable bonds is 3. The van der Waals surface area contributed by atoms with Crippen molar-refractivity contribution < 1.29 is 9.90 Å². The minimum absolute atomic E-state index is 0.0140. The molecule has 1 aliphatic rings. The number of benzene rings is 1. The smallest absolute Gasteiger partial charge is 0.196 e. The minimum Gasteiger partial charge on any atom is -0.511 e. The molecule has 0 bridgehead atoms. The van der Waals surface area contributed by atoms with Gasteiger partial charge in [0.05, 0.1) is 4.91 Å². The first-order valence-corrected chi connectivity index (χ1v) is 7.92. The normalized spacial score (nSPS) is 18.3. The lowest BCUT2D eigenvalue weighted by atomic mass is 9.86. The van der Waals surface area contributed by atoms with Crippen molar-refractivity contribution in [2.45, 2.75) is 23.9 Å². The maximum Gasteiger partial charge on any atom is 0.196 e. The fraction of sp³-hybridized carbons (Fsp3) is 0.188. The molecule has 0 saturated carbocycles. The van der Waals surface area contributed by atoms with E-state index < -0.39 is 0 Å². The molecule has 0 radical (unpaired) electrons. The fourth-order valence-corrected chi connectivity index (χ4v) is 3.43. The number of nitrogens with zero attached hydrogens (tertiary/aromatic N) is 2. The summed E-state index contributed by atoms with van der Waals surface area (Å²) in [4.78, 5) is 20.7. The van der Waals surface area contributed by atoms with Gasteiger partial charge in [-0.15, -0.1) is 0 Å². The number of thioether (sulfide) groups is 1. The zero-order chi connectivity index (χ0) is 16.4. The molecule has 0 aliphatic heterocycles. The lowest BCUT2D eigenvalue weighted by Gasteiger charge is -2.23. The number of ketones is 1. The topological polar surface area (TPSA) is 115 Å². The van der Waals surface area contributed by atoms with Crippen molar-refractivity contribution in [3.05, 3.63) is 52.6 Å². The van der Waals surface area contributed by atoms with E-state index in [1.807, 2.05) is 30.3 Å². The molecule has 118 valence electrons. The largest absolute Gasteiger partial charge is 0.511 e. The van der Waals surface area contributed by atoms with Crippen molar-refractivity contribution in [1.82, 2.24) is 9.97 Å². The van der Waals surface area contributed by atoms with Gasteiger partial charge in [-0.2, -0.15) is 0 Å². The standard InChI is InChI=1S/C16H16N4O2S/c17-13-8-14(18)20-16(19-13)23-15-11(21)6-10(7-12(15)22)9-4-2-1-3-5-9/h1-5,8,10,21H,6-7H2,(H4,17,18,19,20). The molecule has 1 aromatic carbocycles. The van der Waals surface area contributed by atoms with E-state index in [9.17, 15) is 9.90 Å². The lowest BCUT2D eigenvalue weighted by Crippen LogP contribution is -2.17. The van der Waals surface area contributed by atoms with Crippen LogP contribution in [0, 0.1) is 0 Å².